The minimum Gasteiger partial charge on any atom is -0.478 e. The maximum Gasteiger partial charge on any atom is 0.336 e. The van der Waals surface area contributed by atoms with Gasteiger partial charge < -0.3 is 14.2 Å². The number of hydrogen-bond donors (Lipinski definition) is 1. The first-order valence-electron chi connectivity index (χ1n) is 11.9. The lowest BCUT2D eigenvalue weighted by molar-refractivity contribution is 0.0570. The van der Waals surface area contributed by atoms with Crippen LogP contribution in [0.15, 0.2) is 66.9 Å². The van der Waals surface area contributed by atoms with E-state index >= 15 is 0 Å². The van der Waals surface area contributed by atoms with E-state index in [2.05, 4.69) is 50.4 Å². The number of carboxylic acid groups (broad SMARTS) is 1. The molecular formula is C29H32N2O3. The maximum absolute atomic E-state index is 11.7. The molecule has 4 rings (SSSR count). The van der Waals surface area contributed by atoms with E-state index in [1.54, 1.807) is 12.1 Å². The van der Waals surface area contributed by atoms with E-state index in [4.69, 9.17) is 9.72 Å². The molecule has 0 bridgehead atoms. The molecule has 1 unspecified atom stereocenters. The predicted octanol–water partition coefficient (Wildman–Crippen LogP) is 6.72. The second kappa shape index (κ2) is 10.2. The van der Waals surface area contributed by atoms with Crippen LogP contribution < -0.4 is 0 Å². The van der Waals surface area contributed by atoms with Gasteiger partial charge in [0.15, 0.2) is 0 Å². The van der Waals surface area contributed by atoms with Crippen molar-refractivity contribution in [1.82, 2.24) is 9.38 Å². The molecule has 1 atom stereocenters. The van der Waals surface area contributed by atoms with Crippen molar-refractivity contribution in [3.8, 4) is 11.1 Å². The van der Waals surface area contributed by atoms with Crippen LogP contribution in [0, 0.1) is 12.8 Å². The number of aryl methyl sites for hydroxylation is 2. The van der Waals surface area contributed by atoms with Crippen molar-refractivity contribution in [2.24, 2.45) is 5.92 Å². The van der Waals surface area contributed by atoms with Gasteiger partial charge in [-0.25, -0.2) is 9.78 Å². The van der Waals surface area contributed by atoms with Crippen molar-refractivity contribution in [3.05, 3.63) is 94.9 Å². The highest BCUT2D eigenvalue weighted by Crippen LogP contribution is 2.31. The van der Waals surface area contributed by atoms with Crippen LogP contribution in [0.4, 0.5) is 0 Å². The minimum atomic E-state index is -0.928. The molecule has 176 valence electrons. The fourth-order valence-electron chi connectivity index (χ4n) is 4.26. The van der Waals surface area contributed by atoms with E-state index in [0.29, 0.717) is 23.7 Å². The van der Waals surface area contributed by atoms with Crippen molar-refractivity contribution >= 4 is 11.6 Å². The number of carboxylic acids is 1. The average Bonchev–Trinajstić information content (AvgIpc) is 3.26. The van der Waals surface area contributed by atoms with Gasteiger partial charge in [0, 0.05) is 6.20 Å². The van der Waals surface area contributed by atoms with Crippen molar-refractivity contribution in [1.29, 1.82) is 0 Å². The third-order valence-corrected chi connectivity index (χ3v) is 5.94. The molecule has 0 saturated carbocycles. The molecule has 34 heavy (non-hydrogen) atoms. The number of fused-ring (bicyclic) bond motifs is 1. The highest BCUT2D eigenvalue weighted by atomic mass is 16.5. The molecule has 0 radical (unpaired) electrons. The average molecular weight is 457 g/mol. The molecule has 4 aromatic rings. The quantitative estimate of drug-likeness (QED) is 0.304. The number of carbonyl (C=O) groups is 1. The zero-order valence-corrected chi connectivity index (χ0v) is 20.3. The zero-order valence-electron chi connectivity index (χ0n) is 20.3. The third kappa shape index (κ3) is 4.90. The normalized spacial score (nSPS) is 12.4. The summed E-state index contributed by atoms with van der Waals surface area (Å²) >= 11 is 0. The Hall–Kier alpha value is -3.44. The predicted molar refractivity (Wildman–Crippen MR) is 135 cm³/mol. The number of ether oxygens (including phenoxy) is 1. The first kappa shape index (κ1) is 23.7. The van der Waals surface area contributed by atoms with Crippen LogP contribution in [-0.4, -0.2) is 27.1 Å². The van der Waals surface area contributed by atoms with Crippen molar-refractivity contribution in [3.63, 3.8) is 0 Å². The summed E-state index contributed by atoms with van der Waals surface area (Å²) in [6.45, 7) is 9.16. The molecule has 2 heterocycles. The Morgan fingerprint density at radius 3 is 2.47 bits per heavy atom. The van der Waals surface area contributed by atoms with Crippen LogP contribution in [0.25, 0.3) is 16.8 Å². The summed E-state index contributed by atoms with van der Waals surface area (Å²) in [5.41, 5.74) is 7.11. The Morgan fingerprint density at radius 1 is 1.06 bits per heavy atom. The summed E-state index contributed by atoms with van der Waals surface area (Å²) in [5, 5.41) is 9.57. The molecule has 5 heteroatoms. The Labute approximate surface area is 201 Å². The van der Waals surface area contributed by atoms with Gasteiger partial charge in [-0.2, -0.15) is 0 Å². The topological polar surface area (TPSA) is 63.8 Å². The summed E-state index contributed by atoms with van der Waals surface area (Å²) in [7, 11) is 0. The van der Waals surface area contributed by atoms with Gasteiger partial charge in [-0.3, -0.25) is 0 Å². The molecule has 1 N–H and O–H groups in total. The second-order valence-electron chi connectivity index (χ2n) is 9.20. The summed E-state index contributed by atoms with van der Waals surface area (Å²) in [6.07, 6.45) is 3.85. The minimum absolute atomic E-state index is 0.266. The molecule has 0 aliphatic carbocycles. The molecule has 0 fully saturated rings. The van der Waals surface area contributed by atoms with Gasteiger partial charge in [0.25, 0.3) is 0 Å². The molecule has 0 aliphatic rings. The first-order valence-corrected chi connectivity index (χ1v) is 11.9. The van der Waals surface area contributed by atoms with Crippen LogP contribution in [0.5, 0.6) is 0 Å². The van der Waals surface area contributed by atoms with Crippen molar-refractivity contribution < 1.29 is 14.6 Å². The first-order chi connectivity index (χ1) is 16.4. The smallest absolute Gasteiger partial charge is 0.336 e. The Kier molecular flexibility index (Phi) is 7.13. The van der Waals surface area contributed by atoms with Crippen molar-refractivity contribution in [2.45, 2.75) is 46.6 Å². The number of benzene rings is 2. The lowest BCUT2D eigenvalue weighted by atomic mass is 9.96. The largest absolute Gasteiger partial charge is 0.478 e. The molecule has 0 amide bonds. The maximum atomic E-state index is 11.7. The van der Waals surface area contributed by atoms with Gasteiger partial charge in [-0.15, -0.1) is 0 Å². The van der Waals surface area contributed by atoms with Gasteiger partial charge in [-0.1, -0.05) is 75.7 Å². The summed E-state index contributed by atoms with van der Waals surface area (Å²) in [5.74, 6) is -0.536. The van der Waals surface area contributed by atoms with E-state index in [1.807, 2.05) is 36.4 Å². The van der Waals surface area contributed by atoms with Crippen LogP contribution in [0.1, 0.15) is 66.2 Å². The summed E-state index contributed by atoms with van der Waals surface area (Å²) < 4.78 is 8.62. The fourth-order valence-corrected chi connectivity index (χ4v) is 4.26. The van der Waals surface area contributed by atoms with Gasteiger partial charge in [0.05, 0.1) is 23.6 Å². The monoisotopic (exact) mass is 456 g/mol. The number of imidazole rings is 1. The number of nitrogens with zero attached hydrogens (tertiary/aromatic N) is 2. The summed E-state index contributed by atoms with van der Waals surface area (Å²) in [4.78, 5) is 16.5. The molecule has 2 aromatic heterocycles. The molecule has 5 nitrogen and oxygen atoms in total. The lowest BCUT2D eigenvalue weighted by Crippen LogP contribution is -2.14. The van der Waals surface area contributed by atoms with Gasteiger partial charge in [0.1, 0.15) is 11.8 Å². The number of aromatic nitrogens is 2. The SMILES string of the molecule is CCCc1cn2c(C(OCC(C)C)c3ccc(-c4ccccc4C(=O)O)cc3)ccc(C)c2n1. The zero-order chi connectivity index (χ0) is 24.2. The molecule has 2 aromatic carbocycles. The Bertz CT molecular complexity index is 1290. The van der Waals surface area contributed by atoms with E-state index in [-0.39, 0.29) is 6.10 Å². The van der Waals surface area contributed by atoms with Crippen LogP contribution >= 0.6 is 0 Å². The third-order valence-electron chi connectivity index (χ3n) is 5.94. The molecule has 0 spiro atoms. The number of hydrogen-bond acceptors (Lipinski definition) is 3. The Morgan fingerprint density at radius 2 is 1.79 bits per heavy atom. The van der Waals surface area contributed by atoms with Crippen LogP contribution in [0.2, 0.25) is 0 Å². The fraction of sp³-hybridized carbons (Fsp3) is 0.310. The van der Waals surface area contributed by atoms with Crippen LogP contribution in [0.3, 0.4) is 0 Å². The molecular weight excluding hydrogens is 424 g/mol. The standard InChI is InChI=1S/C29H32N2O3/c1-5-8-23-17-31-26(16-11-20(4)28(31)30-23)27(34-18-19(2)3)22-14-12-21(13-15-22)24-9-6-7-10-25(24)29(32)33/h6-7,9-17,19,27H,5,8,18H2,1-4H3,(H,32,33). The number of aromatic carboxylic acids is 1. The second-order valence-corrected chi connectivity index (χ2v) is 9.20. The lowest BCUT2D eigenvalue weighted by Gasteiger charge is -2.22. The number of rotatable bonds is 9. The van der Waals surface area contributed by atoms with E-state index in [0.717, 1.165) is 46.6 Å². The van der Waals surface area contributed by atoms with Crippen molar-refractivity contribution in [2.75, 3.05) is 6.61 Å². The van der Waals surface area contributed by atoms with E-state index in [1.165, 1.54) is 0 Å². The van der Waals surface area contributed by atoms with Crippen LogP contribution in [-0.2, 0) is 11.2 Å². The highest BCUT2D eigenvalue weighted by molar-refractivity contribution is 5.96. The van der Waals surface area contributed by atoms with Gasteiger partial charge >= 0.3 is 5.97 Å². The van der Waals surface area contributed by atoms with E-state index < -0.39 is 5.97 Å². The highest BCUT2D eigenvalue weighted by Gasteiger charge is 2.21. The molecule has 0 aliphatic heterocycles. The molecule has 0 saturated heterocycles. The number of pyridine rings is 1. The Balaban J connectivity index is 1.77. The van der Waals surface area contributed by atoms with Gasteiger partial charge in [-0.05, 0) is 53.6 Å². The van der Waals surface area contributed by atoms with Gasteiger partial charge in [0.2, 0.25) is 0 Å². The summed E-state index contributed by atoms with van der Waals surface area (Å²) in [6, 6.07) is 19.3. The van der Waals surface area contributed by atoms with E-state index in [9.17, 15) is 9.90 Å².